The SMILES string of the molecule is C=C(CC(=O)O)C(=O)O.C=CC=CC=Cc1ccccc1. The average molecular weight is 286 g/mol. The molecule has 0 saturated heterocycles. The van der Waals surface area contributed by atoms with Gasteiger partial charge in [0, 0.05) is 5.57 Å². The van der Waals surface area contributed by atoms with Crippen LogP contribution < -0.4 is 0 Å². The van der Waals surface area contributed by atoms with E-state index in [0.717, 1.165) is 0 Å². The summed E-state index contributed by atoms with van der Waals surface area (Å²) >= 11 is 0. The second-order valence-corrected chi connectivity index (χ2v) is 3.87. The Bertz CT molecular complexity index is 539. The highest BCUT2D eigenvalue weighted by atomic mass is 16.4. The Kier molecular flexibility index (Phi) is 9.48. The van der Waals surface area contributed by atoms with Crippen molar-refractivity contribution < 1.29 is 19.8 Å². The van der Waals surface area contributed by atoms with Gasteiger partial charge in [-0.25, -0.2) is 4.79 Å². The maximum absolute atomic E-state index is 9.87. The number of carbonyl (C=O) groups is 2. The molecular weight excluding hydrogens is 268 g/mol. The van der Waals surface area contributed by atoms with Crippen LogP contribution in [-0.2, 0) is 9.59 Å². The Labute approximate surface area is 124 Å². The molecule has 0 bridgehead atoms. The lowest BCUT2D eigenvalue weighted by atomic mass is 10.2. The van der Waals surface area contributed by atoms with E-state index < -0.39 is 18.4 Å². The molecule has 0 aromatic heterocycles. The summed E-state index contributed by atoms with van der Waals surface area (Å²) < 4.78 is 0. The Morgan fingerprint density at radius 1 is 1.05 bits per heavy atom. The highest BCUT2D eigenvalue weighted by Crippen LogP contribution is 2.00. The molecule has 1 aromatic carbocycles. The molecule has 0 spiro atoms. The van der Waals surface area contributed by atoms with E-state index >= 15 is 0 Å². The van der Waals surface area contributed by atoms with E-state index in [4.69, 9.17) is 10.2 Å². The van der Waals surface area contributed by atoms with Crippen molar-refractivity contribution in [3.05, 3.63) is 78.9 Å². The molecule has 0 aliphatic heterocycles. The Morgan fingerprint density at radius 3 is 2.10 bits per heavy atom. The molecule has 2 N–H and O–H groups in total. The van der Waals surface area contributed by atoms with Gasteiger partial charge < -0.3 is 10.2 Å². The highest BCUT2D eigenvalue weighted by molar-refractivity contribution is 5.91. The molecular formula is C17H18O4. The van der Waals surface area contributed by atoms with Crippen LogP contribution >= 0.6 is 0 Å². The Balaban J connectivity index is 0.000000400. The van der Waals surface area contributed by atoms with Crippen molar-refractivity contribution in [1.29, 1.82) is 0 Å². The Morgan fingerprint density at radius 2 is 1.67 bits per heavy atom. The lowest BCUT2D eigenvalue weighted by molar-refractivity contribution is -0.139. The lowest BCUT2D eigenvalue weighted by Gasteiger charge is -1.91. The van der Waals surface area contributed by atoms with Crippen molar-refractivity contribution in [3.8, 4) is 0 Å². The zero-order chi connectivity index (χ0) is 16.1. The number of benzene rings is 1. The lowest BCUT2D eigenvalue weighted by Crippen LogP contribution is -2.04. The third kappa shape index (κ3) is 10.7. The van der Waals surface area contributed by atoms with Crippen molar-refractivity contribution in [3.63, 3.8) is 0 Å². The molecule has 4 heteroatoms. The maximum Gasteiger partial charge on any atom is 0.331 e. The van der Waals surface area contributed by atoms with Crippen LogP contribution in [0.3, 0.4) is 0 Å². The summed E-state index contributed by atoms with van der Waals surface area (Å²) in [5.41, 5.74) is 0.911. The van der Waals surface area contributed by atoms with Crippen LogP contribution in [0.15, 0.2) is 73.4 Å². The van der Waals surface area contributed by atoms with E-state index in [9.17, 15) is 9.59 Å². The Hall–Kier alpha value is -2.88. The molecule has 110 valence electrons. The number of carboxylic acid groups (broad SMARTS) is 2. The molecule has 0 heterocycles. The molecule has 0 aliphatic rings. The summed E-state index contributed by atoms with van der Waals surface area (Å²) in [6.07, 6.45) is 9.17. The zero-order valence-electron chi connectivity index (χ0n) is 11.6. The largest absolute Gasteiger partial charge is 0.481 e. The topological polar surface area (TPSA) is 74.6 Å². The summed E-state index contributed by atoms with van der Waals surface area (Å²) in [5.74, 6) is -2.44. The number of aliphatic carboxylic acids is 2. The predicted molar refractivity (Wildman–Crippen MR) is 83.8 cm³/mol. The third-order valence-corrected chi connectivity index (χ3v) is 2.11. The quantitative estimate of drug-likeness (QED) is 0.619. The van der Waals surface area contributed by atoms with Crippen molar-refractivity contribution >= 4 is 18.0 Å². The molecule has 0 atom stereocenters. The van der Waals surface area contributed by atoms with Crippen molar-refractivity contribution in [2.24, 2.45) is 0 Å². The molecule has 0 amide bonds. The first-order valence-electron chi connectivity index (χ1n) is 6.11. The van der Waals surface area contributed by atoms with Crippen molar-refractivity contribution in [2.45, 2.75) is 6.42 Å². The van der Waals surface area contributed by atoms with E-state index in [-0.39, 0.29) is 5.57 Å². The van der Waals surface area contributed by atoms with Crippen LogP contribution in [0.2, 0.25) is 0 Å². The molecule has 1 aromatic rings. The van der Waals surface area contributed by atoms with Crippen LogP contribution in [0.4, 0.5) is 0 Å². The van der Waals surface area contributed by atoms with Crippen LogP contribution in [-0.4, -0.2) is 22.2 Å². The maximum atomic E-state index is 9.87. The van der Waals surface area contributed by atoms with Crippen molar-refractivity contribution in [2.75, 3.05) is 0 Å². The smallest absolute Gasteiger partial charge is 0.331 e. The minimum Gasteiger partial charge on any atom is -0.481 e. The summed E-state index contributed by atoms with van der Waals surface area (Å²) in [6, 6.07) is 10.2. The van der Waals surface area contributed by atoms with Gasteiger partial charge >= 0.3 is 11.9 Å². The summed E-state index contributed by atoms with van der Waals surface area (Å²) in [7, 11) is 0. The van der Waals surface area contributed by atoms with Crippen LogP contribution in [0.5, 0.6) is 0 Å². The van der Waals surface area contributed by atoms with E-state index in [1.807, 2.05) is 36.4 Å². The number of rotatable bonds is 6. The monoisotopic (exact) mass is 286 g/mol. The fourth-order valence-corrected chi connectivity index (χ4v) is 1.13. The molecule has 0 radical (unpaired) electrons. The summed E-state index contributed by atoms with van der Waals surface area (Å²) in [5, 5.41) is 16.1. The fraction of sp³-hybridized carbons (Fsp3) is 0.0588. The normalized spacial score (nSPS) is 9.90. The van der Waals surface area contributed by atoms with Gasteiger partial charge in [-0.3, -0.25) is 4.79 Å². The number of carboxylic acids is 2. The first kappa shape index (κ1) is 18.1. The minimum absolute atomic E-state index is 0.303. The van der Waals surface area contributed by atoms with Gasteiger partial charge in [0.1, 0.15) is 0 Å². The predicted octanol–water partition coefficient (Wildman–Crippen LogP) is 3.54. The summed E-state index contributed by atoms with van der Waals surface area (Å²) in [6.45, 7) is 6.60. The van der Waals surface area contributed by atoms with Gasteiger partial charge in [-0.05, 0) is 5.56 Å². The zero-order valence-corrected chi connectivity index (χ0v) is 11.6. The first-order chi connectivity index (χ1) is 9.97. The second-order valence-electron chi connectivity index (χ2n) is 3.87. The standard InChI is InChI=1S/C12H12.C5H6O4/c1-2-3-4-6-9-12-10-7-5-8-11-12;1-3(5(8)9)2-4(6)7/h2-11H,1H2;1-2H2,(H,6,7)(H,8,9). The number of hydrogen-bond acceptors (Lipinski definition) is 2. The van der Waals surface area contributed by atoms with Gasteiger partial charge in [-0.15, -0.1) is 0 Å². The van der Waals surface area contributed by atoms with Gasteiger partial charge in [0.05, 0.1) is 6.42 Å². The number of hydrogen-bond donors (Lipinski definition) is 2. The molecule has 0 aliphatic carbocycles. The average Bonchev–Trinajstić information content (AvgIpc) is 2.45. The van der Waals surface area contributed by atoms with E-state index in [1.165, 1.54) is 5.56 Å². The van der Waals surface area contributed by atoms with E-state index in [1.54, 1.807) is 6.08 Å². The van der Waals surface area contributed by atoms with Crippen LogP contribution in [0.25, 0.3) is 6.08 Å². The van der Waals surface area contributed by atoms with Gasteiger partial charge in [0.2, 0.25) is 0 Å². The highest BCUT2D eigenvalue weighted by Gasteiger charge is 2.07. The van der Waals surface area contributed by atoms with Gasteiger partial charge in [-0.2, -0.15) is 0 Å². The molecule has 21 heavy (non-hydrogen) atoms. The first-order valence-corrected chi connectivity index (χ1v) is 6.11. The van der Waals surface area contributed by atoms with E-state index in [0.29, 0.717) is 0 Å². The van der Waals surface area contributed by atoms with Gasteiger partial charge in [-0.1, -0.05) is 73.9 Å². The molecule has 4 nitrogen and oxygen atoms in total. The van der Waals surface area contributed by atoms with Gasteiger partial charge in [0.25, 0.3) is 0 Å². The molecule has 0 unspecified atom stereocenters. The second kappa shape index (κ2) is 11.0. The van der Waals surface area contributed by atoms with Crippen LogP contribution in [0.1, 0.15) is 12.0 Å². The van der Waals surface area contributed by atoms with Crippen LogP contribution in [0, 0.1) is 0 Å². The van der Waals surface area contributed by atoms with E-state index in [2.05, 4.69) is 31.4 Å². The summed E-state index contributed by atoms with van der Waals surface area (Å²) in [4.78, 5) is 19.7. The van der Waals surface area contributed by atoms with Gasteiger partial charge in [0.15, 0.2) is 0 Å². The molecule has 0 fully saturated rings. The fourth-order valence-electron chi connectivity index (χ4n) is 1.13. The molecule has 1 rings (SSSR count). The third-order valence-electron chi connectivity index (χ3n) is 2.11. The minimum atomic E-state index is -1.27. The molecule has 0 saturated carbocycles. The van der Waals surface area contributed by atoms with Crippen molar-refractivity contribution in [1.82, 2.24) is 0 Å². The number of allylic oxidation sites excluding steroid dienone is 4.